The van der Waals surface area contributed by atoms with Gasteiger partial charge in [0, 0.05) is 54.4 Å². The largest absolute Gasteiger partial charge is 0.664 e. The molecule has 5 N–H and O–H groups in total. The zero-order valence-corrected chi connectivity index (χ0v) is 39.8. The smallest absolute Gasteiger partial charge is 0.161 e. The molecule has 362 valence electrons. The van der Waals surface area contributed by atoms with Gasteiger partial charge in [0.05, 0.1) is 18.1 Å². The van der Waals surface area contributed by atoms with Crippen molar-refractivity contribution in [1.82, 2.24) is 9.97 Å². The van der Waals surface area contributed by atoms with E-state index in [0.29, 0.717) is 48.4 Å². The number of carbonyl (C=O) groups excluding carboxylic acids is 2. The van der Waals surface area contributed by atoms with Gasteiger partial charge in [0.1, 0.15) is 11.5 Å². The lowest BCUT2D eigenvalue weighted by molar-refractivity contribution is -0.135. The van der Waals surface area contributed by atoms with E-state index < -0.39 is 35.3 Å². The molecule has 3 aromatic carbocycles. The number of phenolic OH excluding ortho intramolecular Hbond substituents is 2. The minimum atomic E-state index is -1.12. The van der Waals surface area contributed by atoms with Gasteiger partial charge in [0.15, 0.2) is 17.3 Å². The number of aryl methyl sites for hydroxylation is 2. The van der Waals surface area contributed by atoms with Crippen LogP contribution in [0.4, 0.5) is 5.82 Å². The molecule has 5 bridgehead atoms. The van der Waals surface area contributed by atoms with E-state index in [1.54, 1.807) is 12.3 Å². The molecule has 4 heterocycles. The predicted octanol–water partition coefficient (Wildman–Crippen LogP) is 10.4. The molecule has 11 rings (SSSR count). The summed E-state index contributed by atoms with van der Waals surface area (Å²) in [7, 11) is 0. The molecule has 0 amide bonds. The fourth-order valence-corrected chi connectivity index (χ4v) is 13.1. The SMILES string of the molecule is O=C1CCc2cc(c(O)c(OC3CCCC3)c2)Cc2ccc3c(c2)Cc2cc[nH]c2[N-]C(C#CCC(O)C32CCCC2)C2=Cc3[n-]ccc3C(CC3C=Cc4c(O)cccc4CC3)C2C(=O)C1CCO. The van der Waals surface area contributed by atoms with Crippen LogP contribution < -0.4 is 9.72 Å². The number of fused-ring (bicyclic) bond motifs is 9. The summed E-state index contributed by atoms with van der Waals surface area (Å²) >= 11 is 0. The number of nitrogens with one attached hydrogen (secondary N) is 1. The number of aliphatic hydroxyl groups excluding tert-OH is 2. The Morgan fingerprint density at radius 1 is 0.857 bits per heavy atom. The minimum absolute atomic E-state index is 0.00669. The van der Waals surface area contributed by atoms with Crippen molar-refractivity contribution < 1.29 is 34.8 Å². The number of aromatic amines is 1. The molecule has 1 spiro atoms. The third kappa shape index (κ3) is 8.81. The van der Waals surface area contributed by atoms with Gasteiger partial charge in [-0.15, -0.1) is 11.6 Å². The third-order valence-electron chi connectivity index (χ3n) is 16.7. The Bertz CT molecular complexity index is 2910. The molecular formula is C60H63N3O7-2. The number of ketones is 2. The molecule has 2 aliphatic heterocycles. The van der Waals surface area contributed by atoms with Crippen LogP contribution in [0.25, 0.3) is 17.5 Å². The number of carbonyl (C=O) groups is 2. The molecule has 6 aliphatic rings. The van der Waals surface area contributed by atoms with Crippen molar-refractivity contribution in [1.29, 1.82) is 0 Å². The Kier molecular flexibility index (Phi) is 12.8. The van der Waals surface area contributed by atoms with Gasteiger partial charge in [-0.05, 0) is 140 Å². The van der Waals surface area contributed by atoms with E-state index in [9.17, 15) is 25.2 Å². The molecule has 10 heteroatoms. The summed E-state index contributed by atoms with van der Waals surface area (Å²) in [6, 6.07) is 19.2. The summed E-state index contributed by atoms with van der Waals surface area (Å²) in [4.78, 5) is 39.1. The molecule has 6 unspecified atom stereocenters. The van der Waals surface area contributed by atoms with Crippen LogP contribution in [0.15, 0.2) is 84.7 Å². The summed E-state index contributed by atoms with van der Waals surface area (Å²) < 4.78 is 6.54. The second-order valence-electron chi connectivity index (χ2n) is 20.9. The van der Waals surface area contributed by atoms with Crippen molar-refractivity contribution in [2.24, 2.45) is 17.8 Å². The average molecular weight is 938 g/mol. The highest BCUT2D eigenvalue weighted by Gasteiger charge is 2.45. The van der Waals surface area contributed by atoms with Crippen LogP contribution in [0.2, 0.25) is 0 Å². The molecule has 10 nitrogen and oxygen atoms in total. The van der Waals surface area contributed by atoms with Crippen molar-refractivity contribution >= 4 is 29.5 Å². The maximum absolute atomic E-state index is 15.9. The Morgan fingerprint density at radius 3 is 2.54 bits per heavy atom. The molecule has 70 heavy (non-hydrogen) atoms. The third-order valence-corrected chi connectivity index (χ3v) is 16.7. The van der Waals surface area contributed by atoms with Crippen LogP contribution in [0.1, 0.15) is 145 Å². The topological polar surface area (TPSA) is 168 Å². The van der Waals surface area contributed by atoms with Gasteiger partial charge in [0.2, 0.25) is 0 Å². The van der Waals surface area contributed by atoms with E-state index in [-0.39, 0.29) is 61.0 Å². The first-order valence-corrected chi connectivity index (χ1v) is 25.8. The second-order valence-corrected chi connectivity index (χ2v) is 20.9. The average Bonchev–Trinajstić information content (AvgIpc) is 4.20. The van der Waals surface area contributed by atoms with Crippen molar-refractivity contribution in [3.05, 3.63) is 146 Å². The zero-order chi connectivity index (χ0) is 47.9. The van der Waals surface area contributed by atoms with Crippen LogP contribution >= 0.6 is 0 Å². The number of aromatic nitrogens is 2. The number of aliphatic hydroxyl groups is 2. The molecule has 5 aromatic rings. The predicted molar refractivity (Wildman–Crippen MR) is 270 cm³/mol. The first kappa shape index (κ1) is 46.1. The van der Waals surface area contributed by atoms with Crippen molar-refractivity contribution in [3.8, 4) is 29.1 Å². The lowest BCUT2D eigenvalue weighted by Gasteiger charge is -2.41. The molecule has 0 saturated heterocycles. The molecule has 2 saturated carbocycles. The molecule has 2 aromatic heterocycles. The lowest BCUT2D eigenvalue weighted by Crippen LogP contribution is -2.39. The Balaban J connectivity index is 1.08. The number of ether oxygens (including phenoxy) is 1. The normalized spacial score (nSPS) is 25.3. The number of rotatable bonds is 6. The highest BCUT2D eigenvalue weighted by atomic mass is 16.5. The Hall–Kier alpha value is -6.28. The minimum Gasteiger partial charge on any atom is -0.664 e. The fourth-order valence-electron chi connectivity index (χ4n) is 13.1. The van der Waals surface area contributed by atoms with E-state index >= 15 is 4.79 Å². The monoisotopic (exact) mass is 937 g/mol. The number of hydrogen-bond acceptors (Lipinski definition) is 7. The maximum atomic E-state index is 15.9. The number of aromatic hydroxyl groups is 2. The standard InChI is InChI=1S/C60H63N3O7/c64-28-23-46-53(66)20-16-38-31-42(57(68)54(33-38)70-43-8-1-2-9-43)30-37-15-19-49-41(29-37)34-40-21-26-62-59(40)63-50(10-6-12-55(67)60(49)24-3-4-25-60)48-35-51-45(22-27-61-51)47(56(48)58(46)69)32-36-13-17-39-7-5-11-52(65)44(39)18-14-36/h5,7,11,14-15,18-19,21-22,26-27,29,31,33,35-36,43,46-47,50,55-56,62,64-65,67-68H,1-4,8-9,12-13,16-17,20,23-25,28,30,32,34H2/q-2. The van der Waals surface area contributed by atoms with Gasteiger partial charge in [-0.1, -0.05) is 103 Å². The van der Waals surface area contributed by atoms with E-state index in [0.717, 1.165) is 114 Å². The van der Waals surface area contributed by atoms with Gasteiger partial charge >= 0.3 is 0 Å². The van der Waals surface area contributed by atoms with Gasteiger partial charge in [-0.2, -0.15) is 6.20 Å². The van der Waals surface area contributed by atoms with Gasteiger partial charge in [-0.3, -0.25) is 9.59 Å². The molecule has 2 fully saturated rings. The molecule has 0 radical (unpaired) electrons. The van der Waals surface area contributed by atoms with Gasteiger partial charge in [0.25, 0.3) is 0 Å². The molecular weight excluding hydrogens is 875 g/mol. The Labute approximate surface area is 410 Å². The van der Waals surface area contributed by atoms with E-state index in [1.165, 1.54) is 0 Å². The quantitative estimate of drug-likeness (QED) is 0.0828. The summed E-state index contributed by atoms with van der Waals surface area (Å²) in [5.41, 5.74) is 9.38. The highest BCUT2D eigenvalue weighted by Crippen LogP contribution is 2.50. The van der Waals surface area contributed by atoms with E-state index in [2.05, 4.69) is 53.2 Å². The van der Waals surface area contributed by atoms with Crippen LogP contribution in [-0.4, -0.2) is 61.8 Å². The zero-order valence-electron chi connectivity index (χ0n) is 39.8. The van der Waals surface area contributed by atoms with E-state index in [1.807, 2.05) is 42.6 Å². The lowest BCUT2D eigenvalue weighted by atomic mass is 9.66. The number of H-pyrrole nitrogens is 1. The van der Waals surface area contributed by atoms with Crippen LogP contribution in [0.5, 0.6) is 17.2 Å². The summed E-state index contributed by atoms with van der Waals surface area (Å²) in [6.45, 7) is -0.350. The summed E-state index contributed by atoms with van der Waals surface area (Å²) in [6.07, 6.45) is 20.2. The number of nitrogens with zero attached hydrogens (tertiary/aromatic N) is 2. The molecule has 6 atom stereocenters. The number of benzene rings is 3. The van der Waals surface area contributed by atoms with E-state index in [4.69, 9.17) is 15.0 Å². The summed E-state index contributed by atoms with van der Waals surface area (Å²) in [5, 5.41) is 51.4. The van der Waals surface area contributed by atoms with Crippen LogP contribution in [0.3, 0.4) is 0 Å². The van der Waals surface area contributed by atoms with Crippen molar-refractivity contribution in [3.63, 3.8) is 0 Å². The van der Waals surface area contributed by atoms with Crippen molar-refractivity contribution in [2.45, 2.75) is 139 Å². The van der Waals surface area contributed by atoms with Crippen LogP contribution in [0, 0.1) is 29.6 Å². The number of allylic oxidation sites excluding steroid dienone is 1. The highest BCUT2D eigenvalue weighted by molar-refractivity contribution is 6.05. The molecule has 4 aliphatic carbocycles. The van der Waals surface area contributed by atoms with Gasteiger partial charge < -0.3 is 40.4 Å². The fraction of sp³-hybridized carbons (Fsp3) is 0.433. The number of phenols is 2. The number of Topliss-reactive ketones (excluding diaryl/α,β-unsaturated/α-hetero) is 2. The second kappa shape index (κ2) is 19.5. The van der Waals surface area contributed by atoms with Gasteiger partial charge in [-0.25, -0.2) is 0 Å². The number of hydrogen-bond donors (Lipinski definition) is 5. The maximum Gasteiger partial charge on any atom is 0.161 e. The Morgan fingerprint density at radius 2 is 1.70 bits per heavy atom. The first-order valence-electron chi connectivity index (χ1n) is 25.8. The van der Waals surface area contributed by atoms with Crippen LogP contribution in [-0.2, 0) is 40.7 Å². The van der Waals surface area contributed by atoms with Crippen molar-refractivity contribution in [2.75, 3.05) is 6.61 Å². The summed E-state index contributed by atoms with van der Waals surface area (Å²) in [5.74, 6) is 5.43. The first-order chi connectivity index (χ1) is 34.2.